The zero-order valence-electron chi connectivity index (χ0n) is 30.1. The lowest BCUT2D eigenvalue weighted by atomic mass is 10.0. The van der Waals surface area contributed by atoms with Gasteiger partial charge in [0, 0.05) is 49.0 Å². The SMILES string of the molecule is c1ccc(-c2ccc(-c3nc(-c4ccccc4)nc(-c4ccc5c6cccc7c8ccccc8n8c9ccccc9c9cccc(c98)n(c5c4)c67)n3)cc2)cc1. The molecule has 4 aromatic heterocycles. The number of benzene rings is 8. The van der Waals surface area contributed by atoms with Gasteiger partial charge in [-0.2, -0.15) is 0 Å². The fraction of sp³-hybridized carbons (Fsp3) is 0. The molecule has 0 aliphatic heterocycles. The molecule has 0 aliphatic rings. The molecule has 0 unspecified atom stereocenters. The number of rotatable bonds is 4. The summed E-state index contributed by atoms with van der Waals surface area (Å²) >= 11 is 0. The highest BCUT2D eigenvalue weighted by molar-refractivity contribution is 6.23. The van der Waals surface area contributed by atoms with Gasteiger partial charge in [0.1, 0.15) is 0 Å². The van der Waals surface area contributed by atoms with Gasteiger partial charge in [-0.05, 0) is 35.4 Å². The third kappa shape index (κ3) is 4.52. The summed E-state index contributed by atoms with van der Waals surface area (Å²) in [6.07, 6.45) is 0. The van der Waals surface area contributed by atoms with Gasteiger partial charge in [-0.15, -0.1) is 0 Å². The van der Waals surface area contributed by atoms with Crippen LogP contribution in [0, 0.1) is 0 Å². The Morgan fingerprint density at radius 2 is 0.643 bits per heavy atom. The maximum absolute atomic E-state index is 5.18. The Hall–Kier alpha value is -7.63. The van der Waals surface area contributed by atoms with Crippen molar-refractivity contribution in [2.45, 2.75) is 0 Å². The first-order valence-corrected chi connectivity index (χ1v) is 19.0. The van der Waals surface area contributed by atoms with Gasteiger partial charge >= 0.3 is 0 Å². The van der Waals surface area contributed by atoms with E-state index in [0.717, 1.165) is 33.3 Å². The number of fused-ring (bicyclic) bond motifs is 10. The molecule has 56 heavy (non-hydrogen) atoms. The van der Waals surface area contributed by atoms with E-state index in [9.17, 15) is 0 Å². The first-order valence-electron chi connectivity index (χ1n) is 19.0. The monoisotopic (exact) mass is 713 g/mol. The van der Waals surface area contributed by atoms with Crippen molar-refractivity contribution in [2.75, 3.05) is 0 Å². The Balaban J connectivity index is 1.16. The van der Waals surface area contributed by atoms with Gasteiger partial charge in [0.25, 0.3) is 0 Å². The van der Waals surface area contributed by atoms with E-state index in [0.29, 0.717) is 17.5 Å². The van der Waals surface area contributed by atoms with Gasteiger partial charge < -0.3 is 8.80 Å². The van der Waals surface area contributed by atoms with Crippen LogP contribution in [0.1, 0.15) is 0 Å². The third-order valence-corrected chi connectivity index (χ3v) is 11.3. The summed E-state index contributed by atoms with van der Waals surface area (Å²) in [7, 11) is 0. The highest BCUT2D eigenvalue weighted by Crippen LogP contribution is 2.41. The van der Waals surface area contributed by atoms with Crippen molar-refractivity contribution in [2.24, 2.45) is 0 Å². The van der Waals surface area contributed by atoms with Crippen molar-refractivity contribution in [1.29, 1.82) is 0 Å². The fourth-order valence-electron chi connectivity index (χ4n) is 8.79. The number of hydrogen-bond acceptors (Lipinski definition) is 3. The summed E-state index contributed by atoms with van der Waals surface area (Å²) < 4.78 is 4.93. The first kappa shape index (κ1) is 30.8. The lowest BCUT2D eigenvalue weighted by molar-refractivity contribution is 1.07. The van der Waals surface area contributed by atoms with Gasteiger partial charge in [-0.25, -0.2) is 15.0 Å². The number of hydrogen-bond donors (Lipinski definition) is 0. The van der Waals surface area contributed by atoms with E-state index >= 15 is 0 Å². The van der Waals surface area contributed by atoms with Gasteiger partial charge in [0.2, 0.25) is 0 Å². The van der Waals surface area contributed by atoms with Crippen LogP contribution < -0.4 is 0 Å². The van der Waals surface area contributed by atoms with Crippen molar-refractivity contribution < 1.29 is 0 Å². The van der Waals surface area contributed by atoms with Crippen molar-refractivity contribution in [3.8, 4) is 45.3 Å². The molecule has 0 bridgehead atoms. The highest BCUT2D eigenvalue weighted by Gasteiger charge is 2.20. The van der Waals surface area contributed by atoms with Crippen LogP contribution in [0.4, 0.5) is 0 Å². The summed E-state index contributed by atoms with van der Waals surface area (Å²) in [5.41, 5.74) is 12.1. The maximum atomic E-state index is 5.18. The van der Waals surface area contributed by atoms with Crippen molar-refractivity contribution >= 4 is 65.4 Å². The van der Waals surface area contributed by atoms with Crippen molar-refractivity contribution in [3.63, 3.8) is 0 Å². The van der Waals surface area contributed by atoms with Gasteiger partial charge in [-0.1, -0.05) is 164 Å². The maximum Gasteiger partial charge on any atom is 0.164 e. The molecule has 0 fully saturated rings. The molecule has 5 nitrogen and oxygen atoms in total. The van der Waals surface area contributed by atoms with E-state index in [1.165, 1.54) is 59.9 Å². The largest absolute Gasteiger partial charge is 0.307 e. The molecule has 4 heterocycles. The minimum atomic E-state index is 0.629. The Bertz CT molecular complexity index is 3510. The Morgan fingerprint density at radius 1 is 0.250 bits per heavy atom. The Kier molecular flexibility index (Phi) is 6.56. The molecular formula is C51H31N5. The fourth-order valence-corrected chi connectivity index (χ4v) is 8.79. The van der Waals surface area contributed by atoms with E-state index in [-0.39, 0.29) is 0 Å². The molecule has 260 valence electrons. The number of aromatic nitrogens is 5. The van der Waals surface area contributed by atoms with E-state index in [4.69, 9.17) is 15.0 Å². The first-order chi connectivity index (χ1) is 27.8. The van der Waals surface area contributed by atoms with Crippen LogP contribution in [0.5, 0.6) is 0 Å². The lowest BCUT2D eigenvalue weighted by Crippen LogP contribution is -2.00. The van der Waals surface area contributed by atoms with Crippen molar-refractivity contribution in [1.82, 2.24) is 23.8 Å². The standard InChI is InChI=1S/C51H31N5/c1-3-13-32(14-4-1)33-25-27-35(28-26-33)50-52-49(34-15-5-2-6-16-34)53-51(54-50)36-29-30-39-41-20-11-19-40-37-17-7-9-22-43(37)55-44-23-10-8-18-38(44)42-21-12-24-45(48(42)55)56(47(40)41)46(39)31-36/h1-31H. The third-order valence-electron chi connectivity index (χ3n) is 11.3. The molecule has 5 heteroatoms. The van der Waals surface area contributed by atoms with Crippen LogP contribution in [-0.2, 0) is 0 Å². The van der Waals surface area contributed by atoms with E-state index < -0.39 is 0 Å². The minimum absolute atomic E-state index is 0.629. The predicted octanol–water partition coefficient (Wildman–Crippen LogP) is 12.8. The second kappa shape index (κ2) is 11.9. The molecular weight excluding hydrogens is 683 g/mol. The summed E-state index contributed by atoms with van der Waals surface area (Å²) in [6, 6.07) is 66.8. The van der Waals surface area contributed by atoms with E-state index in [1.54, 1.807) is 0 Å². The smallest absolute Gasteiger partial charge is 0.164 e. The molecule has 0 saturated carbocycles. The number of nitrogens with zero attached hydrogens (tertiary/aromatic N) is 5. The molecule has 0 saturated heterocycles. The average Bonchev–Trinajstić information content (AvgIpc) is 3.79. The van der Waals surface area contributed by atoms with Crippen molar-refractivity contribution in [3.05, 3.63) is 188 Å². The van der Waals surface area contributed by atoms with Crippen LogP contribution in [0.2, 0.25) is 0 Å². The Morgan fingerprint density at radius 3 is 1.29 bits per heavy atom. The molecule has 0 amide bonds. The van der Waals surface area contributed by atoms with Crippen LogP contribution in [0.3, 0.4) is 0 Å². The normalized spacial score (nSPS) is 11.9. The van der Waals surface area contributed by atoms with Crippen LogP contribution in [0.25, 0.3) is 111 Å². The Labute approximate surface area is 321 Å². The van der Waals surface area contributed by atoms with Crippen LogP contribution >= 0.6 is 0 Å². The zero-order valence-corrected chi connectivity index (χ0v) is 30.1. The molecule has 0 atom stereocenters. The quantitative estimate of drug-likeness (QED) is 0.182. The van der Waals surface area contributed by atoms with Gasteiger partial charge in [-0.3, -0.25) is 0 Å². The van der Waals surface area contributed by atoms with Gasteiger partial charge in [0.05, 0.1) is 33.1 Å². The molecule has 8 aromatic carbocycles. The molecule has 0 radical (unpaired) electrons. The predicted molar refractivity (Wildman–Crippen MR) is 231 cm³/mol. The molecule has 0 aliphatic carbocycles. The molecule has 0 N–H and O–H groups in total. The van der Waals surface area contributed by atoms with E-state index in [1.807, 2.05) is 24.3 Å². The number of para-hydroxylation sites is 4. The second-order valence-corrected chi connectivity index (χ2v) is 14.4. The van der Waals surface area contributed by atoms with Crippen LogP contribution in [-0.4, -0.2) is 23.8 Å². The highest BCUT2D eigenvalue weighted by atomic mass is 15.0. The topological polar surface area (TPSA) is 47.5 Å². The molecule has 12 aromatic rings. The second-order valence-electron chi connectivity index (χ2n) is 14.4. The average molecular weight is 714 g/mol. The minimum Gasteiger partial charge on any atom is -0.307 e. The summed E-state index contributed by atoms with van der Waals surface area (Å²) in [5, 5.41) is 7.25. The zero-order chi connectivity index (χ0) is 36.7. The molecule has 12 rings (SSSR count). The molecule has 0 spiro atoms. The van der Waals surface area contributed by atoms with Crippen LogP contribution in [0.15, 0.2) is 188 Å². The summed E-state index contributed by atoms with van der Waals surface area (Å²) in [6.45, 7) is 0. The lowest BCUT2D eigenvalue weighted by Gasteiger charge is -2.11. The van der Waals surface area contributed by atoms with E-state index in [2.05, 4.69) is 173 Å². The van der Waals surface area contributed by atoms with Gasteiger partial charge in [0.15, 0.2) is 17.5 Å². The summed E-state index contributed by atoms with van der Waals surface area (Å²) in [4.78, 5) is 15.4. The summed E-state index contributed by atoms with van der Waals surface area (Å²) in [5.74, 6) is 1.90.